The van der Waals surface area contributed by atoms with E-state index in [0.29, 0.717) is 37.1 Å². The van der Waals surface area contributed by atoms with Crippen molar-refractivity contribution in [3.05, 3.63) is 72.2 Å². The van der Waals surface area contributed by atoms with E-state index in [2.05, 4.69) is 42.4 Å². The van der Waals surface area contributed by atoms with Crippen molar-refractivity contribution in [2.45, 2.75) is 6.18 Å². The van der Waals surface area contributed by atoms with Gasteiger partial charge in [-0.05, 0) is 42.6 Å². The fourth-order valence-corrected chi connectivity index (χ4v) is 4.34. The Hall–Kier alpha value is -4.89. The van der Waals surface area contributed by atoms with Crippen LogP contribution in [0, 0.1) is 0 Å². The van der Waals surface area contributed by atoms with Crippen LogP contribution in [-0.4, -0.2) is 80.2 Å². The summed E-state index contributed by atoms with van der Waals surface area (Å²) in [5.74, 6) is -0.432. The second-order valence-corrected chi connectivity index (χ2v) is 9.44. The summed E-state index contributed by atoms with van der Waals surface area (Å²) in [6, 6.07) is 7.58. The Labute approximate surface area is 252 Å². The zero-order chi connectivity index (χ0) is 31.7. The van der Waals surface area contributed by atoms with Gasteiger partial charge in [-0.25, -0.2) is 15.0 Å². The van der Waals surface area contributed by atoms with Gasteiger partial charge in [0, 0.05) is 37.4 Å². The summed E-state index contributed by atoms with van der Waals surface area (Å²) in [7, 11) is 2.56. The molecule has 1 aliphatic heterocycles. The van der Waals surface area contributed by atoms with Crippen molar-refractivity contribution in [1.82, 2.24) is 14.9 Å². The Bertz CT molecular complexity index is 1510. The Morgan fingerprint density at radius 1 is 1.16 bits per heavy atom. The number of methoxy groups -OCH3 is 2. The molecule has 1 amide bonds. The van der Waals surface area contributed by atoms with Crippen LogP contribution in [0.2, 0.25) is 0 Å². The van der Waals surface area contributed by atoms with Crippen LogP contribution in [-0.2, 0) is 10.9 Å². The van der Waals surface area contributed by atoms with Crippen molar-refractivity contribution in [2.24, 2.45) is 10.7 Å². The van der Waals surface area contributed by atoms with Crippen LogP contribution in [0.25, 0.3) is 0 Å². The second-order valence-electron chi connectivity index (χ2n) is 9.44. The highest BCUT2D eigenvalue weighted by Gasteiger charge is 2.34. The predicted octanol–water partition coefficient (Wildman–Crippen LogP) is 4.10. The summed E-state index contributed by atoms with van der Waals surface area (Å²) < 4.78 is 55.9. The Morgan fingerprint density at radius 2 is 1.89 bits per heavy atom. The molecule has 0 aliphatic carbocycles. The smallest absolute Gasteiger partial charge is 0.420 e. The first-order valence-corrected chi connectivity index (χ1v) is 13.5. The van der Waals surface area contributed by atoms with Crippen molar-refractivity contribution in [2.75, 3.05) is 69.6 Å². The molecule has 0 spiro atoms. The maximum absolute atomic E-state index is 13.5. The van der Waals surface area contributed by atoms with E-state index in [9.17, 15) is 18.0 Å². The van der Waals surface area contributed by atoms with Gasteiger partial charge >= 0.3 is 6.18 Å². The number of hydrogen-bond acceptors (Lipinski definition) is 10. The number of nitrogens with one attached hydrogen (secondary N) is 3. The first-order chi connectivity index (χ1) is 21.1. The van der Waals surface area contributed by atoms with Gasteiger partial charge in [0.1, 0.15) is 22.9 Å². The maximum atomic E-state index is 13.5. The summed E-state index contributed by atoms with van der Waals surface area (Å²) >= 11 is 0. The van der Waals surface area contributed by atoms with Crippen molar-refractivity contribution in [3.63, 3.8) is 0 Å². The minimum absolute atomic E-state index is 0.0196. The van der Waals surface area contributed by atoms with E-state index in [4.69, 9.17) is 19.9 Å². The number of nitrogens with two attached hydrogens (primary N) is 1. The van der Waals surface area contributed by atoms with E-state index in [1.807, 2.05) is 0 Å². The van der Waals surface area contributed by atoms with Gasteiger partial charge in [-0.15, -0.1) is 0 Å². The molecule has 0 unspecified atom stereocenters. The number of halogens is 3. The van der Waals surface area contributed by atoms with Crippen molar-refractivity contribution >= 4 is 34.8 Å². The molecule has 1 aliphatic rings. The van der Waals surface area contributed by atoms with Crippen molar-refractivity contribution in [3.8, 4) is 11.5 Å². The first kappa shape index (κ1) is 32.0. The minimum atomic E-state index is -4.68. The molecule has 1 aromatic heterocycles. The molecule has 1 saturated heterocycles. The van der Waals surface area contributed by atoms with Gasteiger partial charge in [-0.2, -0.15) is 13.2 Å². The summed E-state index contributed by atoms with van der Waals surface area (Å²) in [5.41, 5.74) is 6.29. The van der Waals surface area contributed by atoms with E-state index in [-0.39, 0.29) is 34.2 Å². The van der Waals surface area contributed by atoms with Crippen LogP contribution >= 0.6 is 0 Å². The summed E-state index contributed by atoms with van der Waals surface area (Å²) in [4.78, 5) is 28.6. The highest BCUT2D eigenvalue weighted by Crippen LogP contribution is 2.38. The van der Waals surface area contributed by atoms with Gasteiger partial charge < -0.3 is 35.9 Å². The lowest BCUT2D eigenvalue weighted by Gasteiger charge is -2.26. The zero-order valence-electron chi connectivity index (χ0n) is 24.2. The van der Waals surface area contributed by atoms with Gasteiger partial charge in [-0.3, -0.25) is 9.69 Å². The van der Waals surface area contributed by atoms with E-state index in [1.165, 1.54) is 43.8 Å². The summed E-state index contributed by atoms with van der Waals surface area (Å²) in [6.45, 7) is 8.14. The number of aliphatic imine (C=N–C) groups is 1. The molecule has 234 valence electrons. The summed E-state index contributed by atoms with van der Waals surface area (Å²) in [5, 5.41) is 8.59. The molecule has 0 atom stereocenters. The number of carbonyl (C=O) groups is 1. The number of amides is 1. The molecule has 12 nitrogen and oxygen atoms in total. The number of hydrogen-bond donors (Lipinski definition) is 4. The third-order valence-corrected chi connectivity index (χ3v) is 6.55. The molecule has 44 heavy (non-hydrogen) atoms. The number of ether oxygens (including phenoxy) is 3. The molecule has 5 N–H and O–H groups in total. The van der Waals surface area contributed by atoms with E-state index >= 15 is 0 Å². The fraction of sp³-hybridized carbons (Fsp3) is 0.310. The number of morpholine rings is 1. The first-order valence-electron chi connectivity index (χ1n) is 13.5. The number of alkyl halides is 3. The Balaban J connectivity index is 1.57. The molecule has 0 saturated carbocycles. The Morgan fingerprint density at radius 3 is 2.57 bits per heavy atom. The standard InChI is InChI=1S/C29H33F3N8O4/c1-4-34-22-17-36-28(35-9-10-40-11-13-44-14-12-40)39-25(22)26(33)38-21-15-18(5-7-24(21)43-3)27(41)37-19-6-8-23(42-2)20(16-19)29(30,31)32/h4-8,15-17,34H,1,9-14H2,2-3H3,(H2,33,38)(H,37,41)(H,35,36,39). The van der Waals surface area contributed by atoms with Gasteiger partial charge in [-0.1, -0.05) is 6.58 Å². The zero-order valence-corrected chi connectivity index (χ0v) is 24.2. The number of carbonyl (C=O) groups excluding carboxylic acids is 1. The molecule has 1 fully saturated rings. The molecule has 3 aromatic rings. The lowest BCUT2D eigenvalue weighted by Crippen LogP contribution is -2.39. The third-order valence-electron chi connectivity index (χ3n) is 6.55. The van der Waals surface area contributed by atoms with Crippen molar-refractivity contribution < 1.29 is 32.2 Å². The molecule has 0 bridgehead atoms. The van der Waals surface area contributed by atoms with Gasteiger partial charge in [0.05, 0.1) is 44.9 Å². The maximum Gasteiger partial charge on any atom is 0.420 e. The third kappa shape index (κ3) is 8.14. The molecule has 4 rings (SSSR count). The van der Waals surface area contributed by atoms with E-state index in [0.717, 1.165) is 38.9 Å². The number of anilines is 3. The van der Waals surface area contributed by atoms with Crippen LogP contribution in [0.1, 0.15) is 21.6 Å². The van der Waals surface area contributed by atoms with Crippen LogP contribution in [0.5, 0.6) is 11.5 Å². The van der Waals surface area contributed by atoms with Gasteiger partial charge in [0.2, 0.25) is 5.95 Å². The van der Waals surface area contributed by atoms with Crippen molar-refractivity contribution in [1.29, 1.82) is 0 Å². The van der Waals surface area contributed by atoms with Gasteiger partial charge in [0.25, 0.3) is 5.91 Å². The highest BCUT2D eigenvalue weighted by atomic mass is 19.4. The van der Waals surface area contributed by atoms with E-state index in [1.54, 1.807) is 0 Å². The van der Waals surface area contributed by atoms with E-state index < -0.39 is 17.6 Å². The van der Waals surface area contributed by atoms with Crippen LogP contribution < -0.4 is 31.2 Å². The normalized spacial score (nSPS) is 14.1. The van der Waals surface area contributed by atoms with Crippen LogP contribution in [0.15, 0.2) is 60.4 Å². The largest absolute Gasteiger partial charge is 0.496 e. The average molecular weight is 615 g/mol. The average Bonchev–Trinajstić information content (AvgIpc) is 3.01. The predicted molar refractivity (Wildman–Crippen MR) is 161 cm³/mol. The van der Waals surface area contributed by atoms with Crippen LogP contribution in [0.4, 0.5) is 36.2 Å². The SMILES string of the molecule is C=CNc1cnc(NCCN2CCOCC2)nc1C(N)=Nc1cc(C(=O)Nc2ccc(OC)c(C(F)(F)F)c2)ccc1OC. The highest BCUT2D eigenvalue weighted by molar-refractivity contribution is 6.06. The number of rotatable bonds is 12. The number of aromatic nitrogens is 2. The van der Waals surface area contributed by atoms with Gasteiger partial charge in [0.15, 0.2) is 5.84 Å². The Kier molecular flexibility index (Phi) is 10.6. The number of benzene rings is 2. The summed E-state index contributed by atoms with van der Waals surface area (Å²) in [6.07, 6.45) is -1.70. The fourth-order valence-electron chi connectivity index (χ4n) is 4.34. The number of nitrogens with zero attached hydrogens (tertiary/aromatic N) is 4. The topological polar surface area (TPSA) is 148 Å². The molecule has 2 aromatic carbocycles. The molecule has 2 heterocycles. The monoisotopic (exact) mass is 614 g/mol. The lowest BCUT2D eigenvalue weighted by molar-refractivity contribution is -0.138. The molecular weight excluding hydrogens is 581 g/mol. The van der Waals surface area contributed by atoms with Crippen LogP contribution in [0.3, 0.4) is 0 Å². The number of amidine groups is 1. The quantitative estimate of drug-likeness (QED) is 0.174. The molecular formula is C29H33F3N8O4. The molecule has 15 heteroatoms. The lowest BCUT2D eigenvalue weighted by atomic mass is 10.1. The molecule has 0 radical (unpaired) electrons. The second kappa shape index (κ2) is 14.5. The minimum Gasteiger partial charge on any atom is -0.496 e.